The summed E-state index contributed by atoms with van der Waals surface area (Å²) in [5.41, 5.74) is 4.98. The van der Waals surface area contributed by atoms with Gasteiger partial charge in [0.1, 0.15) is 0 Å². The van der Waals surface area contributed by atoms with Gasteiger partial charge in [0.05, 0.1) is 12.2 Å². The normalized spacial score (nSPS) is 18.2. The van der Waals surface area contributed by atoms with Gasteiger partial charge >= 0.3 is 0 Å². The minimum absolute atomic E-state index is 0.338. The summed E-state index contributed by atoms with van der Waals surface area (Å²) in [7, 11) is 1.63. The Morgan fingerprint density at radius 3 is 2.67 bits per heavy atom. The molecule has 0 aromatic carbocycles. The lowest BCUT2D eigenvalue weighted by Crippen LogP contribution is -2.38. The van der Waals surface area contributed by atoms with Gasteiger partial charge in [-0.2, -0.15) is 0 Å². The Balaban J connectivity index is 3.70. The largest absolute Gasteiger partial charge is 0.321 e. The average molecular weight is 132 g/mol. The molecule has 2 N–H and O–H groups in total. The molecule has 9 heavy (non-hydrogen) atoms. The third-order valence-electron chi connectivity index (χ3n) is 1.06. The Bertz CT molecular complexity index is 99.2. The number of nitrogens with zero attached hydrogens (tertiary/aromatic N) is 1. The van der Waals surface area contributed by atoms with E-state index in [0.717, 1.165) is 0 Å². The molecule has 0 radical (unpaired) electrons. The van der Waals surface area contributed by atoms with Crippen molar-refractivity contribution in [1.29, 1.82) is 0 Å². The van der Waals surface area contributed by atoms with Crippen LogP contribution < -0.4 is 5.73 Å². The lowest BCUT2D eigenvalue weighted by molar-refractivity contribution is 0.421. The predicted octanol–water partition coefficient (Wildman–Crippen LogP) is 0.764. The van der Waals surface area contributed by atoms with Crippen LogP contribution in [0.2, 0.25) is 0 Å². The van der Waals surface area contributed by atoms with Crippen LogP contribution in [0.15, 0.2) is 4.99 Å². The van der Waals surface area contributed by atoms with Crippen LogP contribution >= 0.6 is 0 Å². The Labute approximate surface area is 55.0 Å². The Morgan fingerprint density at radius 2 is 2.33 bits per heavy atom. The second kappa shape index (κ2) is 3.56. The molecule has 0 saturated carbocycles. The Kier molecular flexibility index (Phi) is 3.39. The van der Waals surface area contributed by atoms with Crippen LogP contribution in [0.1, 0.15) is 13.3 Å². The molecule has 1 atom stereocenters. The lowest BCUT2D eigenvalue weighted by Gasteiger charge is -2.15. The van der Waals surface area contributed by atoms with Crippen LogP contribution in [0.3, 0.4) is 0 Å². The van der Waals surface area contributed by atoms with Crippen molar-refractivity contribution in [3.05, 3.63) is 0 Å². The van der Waals surface area contributed by atoms with Crippen molar-refractivity contribution < 1.29 is 4.39 Å². The third-order valence-corrected chi connectivity index (χ3v) is 1.06. The van der Waals surface area contributed by atoms with E-state index < -0.39 is 5.54 Å². The van der Waals surface area contributed by atoms with E-state index in [4.69, 9.17) is 5.73 Å². The van der Waals surface area contributed by atoms with Gasteiger partial charge in [-0.25, -0.2) is 0 Å². The van der Waals surface area contributed by atoms with Crippen molar-refractivity contribution in [2.45, 2.75) is 18.9 Å². The molecule has 3 heteroatoms. The first-order chi connectivity index (χ1) is 4.12. The van der Waals surface area contributed by atoms with E-state index in [1.165, 1.54) is 0 Å². The molecule has 0 aromatic rings. The van der Waals surface area contributed by atoms with Crippen LogP contribution in [-0.4, -0.2) is 25.5 Å². The van der Waals surface area contributed by atoms with E-state index >= 15 is 0 Å². The molecular formula is C6H13FN2. The van der Waals surface area contributed by atoms with E-state index in [-0.39, 0.29) is 6.67 Å². The number of rotatable bonds is 3. The fraction of sp³-hybridized carbons (Fsp3) is 0.833. The van der Waals surface area contributed by atoms with E-state index in [2.05, 4.69) is 4.99 Å². The lowest BCUT2D eigenvalue weighted by atomic mass is 10.0. The first-order valence-corrected chi connectivity index (χ1v) is 2.90. The van der Waals surface area contributed by atoms with Gasteiger partial charge in [0.2, 0.25) is 0 Å². The summed E-state index contributed by atoms with van der Waals surface area (Å²) in [6.45, 7) is 1.36. The number of halogens is 1. The van der Waals surface area contributed by atoms with E-state index in [1.54, 1.807) is 20.2 Å². The Hall–Kier alpha value is -0.440. The van der Waals surface area contributed by atoms with Gasteiger partial charge in [-0.05, 0) is 13.3 Å². The van der Waals surface area contributed by atoms with E-state index in [9.17, 15) is 4.39 Å². The highest BCUT2D eigenvalue weighted by atomic mass is 19.1. The second-order valence-electron chi connectivity index (χ2n) is 2.33. The van der Waals surface area contributed by atoms with Gasteiger partial charge < -0.3 is 5.73 Å². The quantitative estimate of drug-likeness (QED) is 0.566. The summed E-state index contributed by atoms with van der Waals surface area (Å²) in [5, 5.41) is 0. The molecule has 1 unspecified atom stereocenters. The third kappa shape index (κ3) is 4.09. The van der Waals surface area contributed by atoms with Crippen molar-refractivity contribution in [3.8, 4) is 0 Å². The highest BCUT2D eigenvalue weighted by molar-refractivity contribution is 5.68. The zero-order valence-corrected chi connectivity index (χ0v) is 5.89. The second-order valence-corrected chi connectivity index (χ2v) is 2.33. The average Bonchev–Trinajstić information content (AvgIpc) is 1.64. The molecule has 0 saturated heterocycles. The molecule has 0 rings (SSSR count). The van der Waals surface area contributed by atoms with Gasteiger partial charge in [0, 0.05) is 13.3 Å². The molecule has 0 heterocycles. The minimum atomic E-state index is -0.566. The maximum absolute atomic E-state index is 11.7. The molecule has 0 amide bonds. The number of hydrogen-bond donors (Lipinski definition) is 1. The van der Waals surface area contributed by atoms with Crippen molar-refractivity contribution in [2.24, 2.45) is 10.7 Å². The van der Waals surface area contributed by atoms with Gasteiger partial charge in [-0.15, -0.1) is 0 Å². The highest BCUT2D eigenvalue weighted by Crippen LogP contribution is 2.01. The monoisotopic (exact) mass is 132 g/mol. The van der Waals surface area contributed by atoms with Gasteiger partial charge in [-0.1, -0.05) is 0 Å². The van der Waals surface area contributed by atoms with Crippen molar-refractivity contribution >= 4 is 6.21 Å². The molecule has 0 aliphatic rings. The van der Waals surface area contributed by atoms with Crippen LogP contribution in [0.5, 0.6) is 0 Å². The SMILES string of the molecule is C/N=C/C(C)(N)CCF. The number of hydrogen-bond acceptors (Lipinski definition) is 2. The number of nitrogens with two attached hydrogens (primary N) is 1. The van der Waals surface area contributed by atoms with Gasteiger partial charge in [0.25, 0.3) is 0 Å². The fourth-order valence-corrected chi connectivity index (χ4v) is 0.563. The molecular weight excluding hydrogens is 119 g/mol. The smallest absolute Gasteiger partial charge is 0.0915 e. The van der Waals surface area contributed by atoms with E-state index in [0.29, 0.717) is 6.42 Å². The summed E-state index contributed by atoms with van der Waals surface area (Å²) in [5.74, 6) is 0. The summed E-state index contributed by atoms with van der Waals surface area (Å²) in [6, 6.07) is 0. The topological polar surface area (TPSA) is 38.4 Å². The summed E-state index contributed by atoms with van der Waals surface area (Å²) in [6.07, 6.45) is 1.90. The zero-order chi connectivity index (χ0) is 7.33. The predicted molar refractivity (Wildman–Crippen MR) is 37.6 cm³/mol. The molecule has 0 bridgehead atoms. The summed E-state index contributed by atoms with van der Waals surface area (Å²) >= 11 is 0. The molecule has 0 fully saturated rings. The first kappa shape index (κ1) is 8.56. The standard InChI is InChI=1S/C6H13FN2/c1-6(8,3-4-7)5-9-2/h5H,3-4,8H2,1-2H3/b9-5+. The van der Waals surface area contributed by atoms with Crippen LogP contribution in [-0.2, 0) is 0 Å². The van der Waals surface area contributed by atoms with E-state index in [1.807, 2.05) is 0 Å². The minimum Gasteiger partial charge on any atom is -0.321 e. The van der Waals surface area contributed by atoms with Crippen molar-refractivity contribution in [3.63, 3.8) is 0 Å². The first-order valence-electron chi connectivity index (χ1n) is 2.90. The molecule has 0 spiro atoms. The maximum Gasteiger partial charge on any atom is 0.0915 e. The highest BCUT2D eigenvalue weighted by Gasteiger charge is 2.13. The van der Waals surface area contributed by atoms with Crippen molar-refractivity contribution in [2.75, 3.05) is 13.7 Å². The van der Waals surface area contributed by atoms with Gasteiger partial charge in [0.15, 0.2) is 0 Å². The van der Waals surface area contributed by atoms with Crippen LogP contribution in [0, 0.1) is 0 Å². The summed E-state index contributed by atoms with van der Waals surface area (Å²) in [4.78, 5) is 3.71. The molecule has 0 aromatic heterocycles. The Morgan fingerprint density at radius 1 is 1.78 bits per heavy atom. The molecule has 0 aliphatic carbocycles. The summed E-state index contributed by atoms with van der Waals surface area (Å²) < 4.78 is 11.7. The van der Waals surface area contributed by atoms with Crippen LogP contribution in [0.4, 0.5) is 4.39 Å². The number of alkyl halides is 1. The number of aliphatic imine (C=N–C) groups is 1. The van der Waals surface area contributed by atoms with Crippen molar-refractivity contribution in [1.82, 2.24) is 0 Å². The maximum atomic E-state index is 11.7. The molecule has 2 nitrogen and oxygen atoms in total. The zero-order valence-electron chi connectivity index (χ0n) is 5.89. The molecule has 0 aliphatic heterocycles. The van der Waals surface area contributed by atoms with Crippen LogP contribution in [0.25, 0.3) is 0 Å². The van der Waals surface area contributed by atoms with Gasteiger partial charge in [-0.3, -0.25) is 9.38 Å². The fourth-order valence-electron chi connectivity index (χ4n) is 0.563. The molecule has 54 valence electrons.